The van der Waals surface area contributed by atoms with Crippen LogP contribution in [0.15, 0.2) is 41.0 Å². The number of carbonyl (C=O) groups excluding carboxylic acids is 2. The lowest BCUT2D eigenvalue weighted by Crippen LogP contribution is -2.22. The minimum Gasteiger partial charge on any atom is -0.356 e. The number of nitrogens with one attached hydrogen (secondary N) is 2. The Morgan fingerprint density at radius 1 is 1.21 bits per heavy atom. The van der Waals surface area contributed by atoms with Gasteiger partial charge in [0.15, 0.2) is 16.0 Å². The monoisotopic (exact) mass is 447 g/mol. The van der Waals surface area contributed by atoms with Crippen molar-refractivity contribution in [3.8, 4) is 11.3 Å². The van der Waals surface area contributed by atoms with Crippen LogP contribution in [0, 0.1) is 0 Å². The molecule has 2 amide bonds. The Morgan fingerprint density at radius 2 is 1.97 bits per heavy atom. The van der Waals surface area contributed by atoms with Crippen LogP contribution in [-0.4, -0.2) is 39.6 Å². The second kappa shape index (κ2) is 9.82. The van der Waals surface area contributed by atoms with Gasteiger partial charge >= 0.3 is 0 Å². The van der Waals surface area contributed by atoms with Gasteiger partial charge < -0.3 is 5.32 Å². The maximum absolute atomic E-state index is 12.5. The van der Waals surface area contributed by atoms with Crippen LogP contribution in [0.5, 0.6) is 0 Å². The molecule has 3 aromatic rings. The number of aromatic nitrogens is 3. The minimum absolute atomic E-state index is 0.0356. The number of anilines is 1. The van der Waals surface area contributed by atoms with E-state index in [1.807, 2.05) is 35.9 Å². The Balaban J connectivity index is 1.66. The molecule has 29 heavy (non-hydrogen) atoms. The summed E-state index contributed by atoms with van der Waals surface area (Å²) >= 11 is 8.70. The summed E-state index contributed by atoms with van der Waals surface area (Å²) in [5.74, 6) is -0.464. The molecule has 2 heterocycles. The highest BCUT2D eigenvalue weighted by molar-refractivity contribution is 7.98. The van der Waals surface area contributed by atoms with Gasteiger partial charge in [-0.1, -0.05) is 47.6 Å². The number of thioether (sulfide) groups is 1. The van der Waals surface area contributed by atoms with Gasteiger partial charge in [0.1, 0.15) is 0 Å². The van der Waals surface area contributed by atoms with Crippen molar-refractivity contribution in [2.45, 2.75) is 18.5 Å². The fourth-order valence-corrected chi connectivity index (χ4v) is 3.69. The van der Waals surface area contributed by atoms with Crippen LogP contribution in [0.1, 0.15) is 23.0 Å². The molecule has 0 atom stereocenters. The van der Waals surface area contributed by atoms with Crippen molar-refractivity contribution in [2.24, 2.45) is 0 Å². The van der Waals surface area contributed by atoms with Crippen LogP contribution < -0.4 is 10.6 Å². The molecule has 150 valence electrons. The van der Waals surface area contributed by atoms with E-state index in [4.69, 9.17) is 11.6 Å². The zero-order valence-corrected chi connectivity index (χ0v) is 18.1. The van der Waals surface area contributed by atoms with Crippen molar-refractivity contribution < 1.29 is 9.59 Å². The maximum Gasteiger partial charge on any atom is 0.277 e. The van der Waals surface area contributed by atoms with Crippen LogP contribution in [0.3, 0.4) is 0 Å². The Morgan fingerprint density at radius 3 is 2.66 bits per heavy atom. The fraction of sp³-hybridized carbons (Fsp3) is 0.211. The number of benzene rings is 1. The van der Waals surface area contributed by atoms with Gasteiger partial charge in [-0.15, -0.1) is 11.3 Å². The second-order valence-corrected chi connectivity index (χ2v) is 8.01. The van der Waals surface area contributed by atoms with E-state index < -0.39 is 5.91 Å². The number of amides is 2. The van der Waals surface area contributed by atoms with Crippen LogP contribution in [0.4, 0.5) is 5.13 Å². The number of hydrogen-bond acceptors (Lipinski definition) is 7. The summed E-state index contributed by atoms with van der Waals surface area (Å²) in [5.41, 5.74) is 2.94. The Kier molecular flexibility index (Phi) is 7.18. The molecule has 0 aliphatic rings. The number of halogens is 1. The first-order chi connectivity index (χ1) is 14.0. The SMILES string of the molecule is CSc1ncc(Cl)c(C(=O)Nc2nc(-c3ccc(CCNC(C)=O)cc3)cs2)n1. The quantitative estimate of drug-likeness (QED) is 0.421. The van der Waals surface area contributed by atoms with Crippen molar-refractivity contribution >= 4 is 51.6 Å². The first-order valence-electron chi connectivity index (χ1n) is 8.63. The zero-order valence-electron chi connectivity index (χ0n) is 15.7. The van der Waals surface area contributed by atoms with Crippen molar-refractivity contribution in [2.75, 3.05) is 18.1 Å². The molecule has 0 unspecified atom stereocenters. The number of thiazole rings is 1. The van der Waals surface area contributed by atoms with Crippen molar-refractivity contribution in [1.29, 1.82) is 0 Å². The van der Waals surface area contributed by atoms with Gasteiger partial charge in [0.2, 0.25) is 5.91 Å². The molecular weight excluding hydrogens is 430 g/mol. The summed E-state index contributed by atoms with van der Waals surface area (Å²) in [4.78, 5) is 36.1. The smallest absolute Gasteiger partial charge is 0.277 e. The van der Waals surface area contributed by atoms with Crippen molar-refractivity contribution in [3.63, 3.8) is 0 Å². The molecule has 0 aliphatic carbocycles. The third-order valence-corrected chi connectivity index (χ3v) is 5.48. The highest BCUT2D eigenvalue weighted by Crippen LogP contribution is 2.26. The second-order valence-electron chi connectivity index (χ2n) is 5.98. The minimum atomic E-state index is -0.429. The molecule has 0 saturated heterocycles. The number of nitrogens with zero attached hydrogens (tertiary/aromatic N) is 3. The van der Waals surface area contributed by atoms with Gasteiger partial charge in [-0.3, -0.25) is 14.9 Å². The summed E-state index contributed by atoms with van der Waals surface area (Å²) in [6.07, 6.45) is 4.00. The third kappa shape index (κ3) is 5.75. The average Bonchev–Trinajstić information content (AvgIpc) is 3.17. The first kappa shape index (κ1) is 21.2. The van der Waals surface area contributed by atoms with Gasteiger partial charge in [0.25, 0.3) is 5.91 Å². The van der Waals surface area contributed by atoms with Crippen molar-refractivity contribution in [1.82, 2.24) is 20.3 Å². The summed E-state index contributed by atoms with van der Waals surface area (Å²) < 4.78 is 0. The van der Waals surface area contributed by atoms with E-state index >= 15 is 0 Å². The molecule has 7 nitrogen and oxygen atoms in total. The van der Waals surface area contributed by atoms with E-state index in [0.29, 0.717) is 16.8 Å². The topological polar surface area (TPSA) is 96.9 Å². The van der Waals surface area contributed by atoms with E-state index in [9.17, 15) is 9.59 Å². The summed E-state index contributed by atoms with van der Waals surface area (Å²) in [5, 5.41) is 8.50. The molecule has 1 aromatic carbocycles. The lowest BCUT2D eigenvalue weighted by atomic mass is 10.1. The highest BCUT2D eigenvalue weighted by atomic mass is 35.5. The number of carbonyl (C=O) groups is 2. The number of hydrogen-bond donors (Lipinski definition) is 2. The van der Waals surface area contributed by atoms with E-state index in [1.165, 1.54) is 36.2 Å². The molecule has 2 aromatic heterocycles. The van der Waals surface area contributed by atoms with Crippen LogP contribution >= 0.6 is 34.7 Å². The molecule has 0 aliphatic heterocycles. The van der Waals surface area contributed by atoms with E-state index in [1.54, 1.807) is 0 Å². The largest absolute Gasteiger partial charge is 0.356 e. The van der Waals surface area contributed by atoms with Crippen LogP contribution in [-0.2, 0) is 11.2 Å². The van der Waals surface area contributed by atoms with Gasteiger partial charge in [-0.25, -0.2) is 15.0 Å². The standard InChI is InChI=1S/C19H18ClN5O2S2/c1-11(26)21-8-7-12-3-5-13(6-4-12)15-10-29-19(23-15)25-17(27)16-14(20)9-22-18(24-16)28-2/h3-6,9-10H,7-8H2,1-2H3,(H,21,26)(H,23,25,27). The van der Waals surface area contributed by atoms with E-state index in [2.05, 4.69) is 25.6 Å². The predicted octanol–water partition coefficient (Wildman–Crippen LogP) is 3.91. The molecule has 0 saturated carbocycles. The summed E-state index contributed by atoms with van der Waals surface area (Å²) in [6.45, 7) is 2.10. The number of rotatable bonds is 7. The third-order valence-electron chi connectivity index (χ3n) is 3.88. The summed E-state index contributed by atoms with van der Waals surface area (Å²) in [6, 6.07) is 7.93. The average molecular weight is 448 g/mol. The van der Waals surface area contributed by atoms with E-state index in [0.717, 1.165) is 23.2 Å². The fourth-order valence-electron chi connectivity index (χ4n) is 2.45. The van der Waals surface area contributed by atoms with Gasteiger partial charge in [-0.05, 0) is 18.2 Å². The predicted molar refractivity (Wildman–Crippen MR) is 117 cm³/mol. The highest BCUT2D eigenvalue weighted by Gasteiger charge is 2.16. The lowest BCUT2D eigenvalue weighted by Gasteiger charge is -2.05. The zero-order chi connectivity index (χ0) is 20.8. The molecular formula is C19H18ClN5O2S2. The maximum atomic E-state index is 12.5. The molecule has 10 heteroatoms. The molecule has 0 radical (unpaired) electrons. The lowest BCUT2D eigenvalue weighted by molar-refractivity contribution is -0.118. The normalized spacial score (nSPS) is 10.6. The first-order valence-corrected chi connectivity index (χ1v) is 11.1. The van der Waals surface area contributed by atoms with Gasteiger partial charge in [-0.2, -0.15) is 0 Å². The van der Waals surface area contributed by atoms with Crippen molar-refractivity contribution in [3.05, 3.63) is 52.1 Å². The van der Waals surface area contributed by atoms with E-state index in [-0.39, 0.29) is 16.6 Å². The van der Waals surface area contributed by atoms with Gasteiger partial charge in [0.05, 0.1) is 16.9 Å². The molecule has 3 rings (SSSR count). The van der Waals surface area contributed by atoms with Crippen LogP contribution in [0.25, 0.3) is 11.3 Å². The Hall–Kier alpha value is -2.49. The Bertz CT molecular complexity index is 1020. The summed E-state index contributed by atoms with van der Waals surface area (Å²) in [7, 11) is 0. The molecule has 2 N–H and O–H groups in total. The molecule has 0 spiro atoms. The van der Waals surface area contributed by atoms with Gasteiger partial charge in [0, 0.05) is 24.4 Å². The molecule has 0 bridgehead atoms. The Labute approximate surface area is 181 Å². The molecule has 0 fully saturated rings. The van der Waals surface area contributed by atoms with Crippen LogP contribution in [0.2, 0.25) is 5.02 Å².